The third kappa shape index (κ3) is 3.24. The average molecular weight is 450 g/mol. The molecule has 2 aliphatic rings. The minimum Gasteiger partial charge on any atom is -0.476 e. The predicted molar refractivity (Wildman–Crippen MR) is 131 cm³/mol. The quantitative estimate of drug-likeness (QED) is 0.468. The van der Waals surface area contributed by atoms with Crippen LogP contribution in [0.3, 0.4) is 0 Å². The fraction of sp³-hybridized carbons (Fsp3) is 0.185. The zero-order valence-corrected chi connectivity index (χ0v) is 18.5. The van der Waals surface area contributed by atoms with E-state index >= 15 is 0 Å². The number of hydrogen-bond acceptors (Lipinski definition) is 5. The number of benzene rings is 2. The van der Waals surface area contributed by atoms with E-state index in [9.17, 15) is 9.90 Å². The maximum Gasteiger partial charge on any atom is 0.356 e. The van der Waals surface area contributed by atoms with Gasteiger partial charge in [-0.15, -0.1) is 0 Å². The van der Waals surface area contributed by atoms with Crippen LogP contribution in [0.4, 0.5) is 0 Å². The molecule has 0 spiro atoms. The van der Waals surface area contributed by atoms with E-state index in [1.807, 2.05) is 54.6 Å². The van der Waals surface area contributed by atoms with Crippen LogP contribution in [0.5, 0.6) is 0 Å². The molecule has 7 nitrogen and oxygen atoms in total. The highest BCUT2D eigenvalue weighted by molar-refractivity contribution is 6.14. The summed E-state index contributed by atoms with van der Waals surface area (Å²) in [4.78, 5) is 21.4. The summed E-state index contributed by atoms with van der Waals surface area (Å²) in [5.41, 5.74) is 12.6. The normalized spacial score (nSPS) is 16.4. The van der Waals surface area contributed by atoms with Gasteiger partial charge < -0.3 is 10.8 Å². The van der Waals surface area contributed by atoms with E-state index in [1.54, 1.807) is 10.6 Å². The molecule has 4 aromatic rings. The summed E-state index contributed by atoms with van der Waals surface area (Å²) >= 11 is 0. The van der Waals surface area contributed by atoms with Crippen molar-refractivity contribution in [2.24, 2.45) is 10.7 Å². The molecule has 0 radical (unpaired) electrons. The standard InChI is InChI=1S/C27H23N5O2/c28-27(13-5-14-27)19-11-9-17(10-12-19)23-24(18-6-2-1-3-7-18)32-25(30-23)20(21-8-4-15-29-21)16-22(31-32)26(33)34/h1-4,6-12,16H,5,13-15,28H2,(H,33,34). The number of allylic oxidation sites excluding steroid dienone is 1. The summed E-state index contributed by atoms with van der Waals surface area (Å²) in [5, 5.41) is 14.2. The van der Waals surface area contributed by atoms with Gasteiger partial charge in [-0.2, -0.15) is 5.10 Å². The molecule has 168 valence electrons. The Hall–Kier alpha value is -4.10. The Bertz CT molecular complexity index is 1480. The Morgan fingerprint density at radius 1 is 1.03 bits per heavy atom. The molecule has 3 N–H and O–H groups in total. The molecule has 34 heavy (non-hydrogen) atoms. The molecule has 0 amide bonds. The van der Waals surface area contributed by atoms with Crippen molar-refractivity contribution in [3.63, 3.8) is 0 Å². The first-order chi connectivity index (χ1) is 16.5. The lowest BCUT2D eigenvalue weighted by atomic mass is 9.72. The van der Waals surface area contributed by atoms with Crippen molar-refractivity contribution >= 4 is 17.3 Å². The molecule has 0 atom stereocenters. The lowest BCUT2D eigenvalue weighted by molar-refractivity contribution is 0.0689. The molecule has 1 aliphatic heterocycles. The number of fused-ring (bicyclic) bond motifs is 1. The molecular weight excluding hydrogens is 426 g/mol. The Balaban J connectivity index is 1.61. The second kappa shape index (κ2) is 7.74. The van der Waals surface area contributed by atoms with Gasteiger partial charge in [0, 0.05) is 22.2 Å². The highest BCUT2D eigenvalue weighted by Crippen LogP contribution is 2.40. The van der Waals surface area contributed by atoms with Crippen LogP contribution < -0.4 is 5.73 Å². The molecule has 2 aromatic carbocycles. The largest absolute Gasteiger partial charge is 0.476 e. The first-order valence-electron chi connectivity index (χ1n) is 11.4. The minimum atomic E-state index is -1.10. The fourth-order valence-electron chi connectivity index (χ4n) is 4.72. The van der Waals surface area contributed by atoms with Gasteiger partial charge in [-0.3, -0.25) is 4.99 Å². The zero-order valence-electron chi connectivity index (χ0n) is 18.5. The molecule has 6 rings (SSSR count). The number of carboxylic acid groups (broad SMARTS) is 1. The number of aromatic nitrogens is 3. The molecule has 0 bridgehead atoms. The predicted octanol–water partition coefficient (Wildman–Crippen LogP) is 4.46. The minimum absolute atomic E-state index is 0.0583. The smallest absolute Gasteiger partial charge is 0.356 e. The highest BCUT2D eigenvalue weighted by atomic mass is 16.4. The number of nitrogens with two attached hydrogens (primary N) is 1. The molecule has 0 saturated heterocycles. The molecule has 1 aliphatic carbocycles. The van der Waals surface area contributed by atoms with Gasteiger partial charge in [0.05, 0.1) is 18.0 Å². The van der Waals surface area contributed by atoms with Gasteiger partial charge in [0.25, 0.3) is 0 Å². The van der Waals surface area contributed by atoms with Crippen molar-refractivity contribution in [1.82, 2.24) is 14.6 Å². The SMILES string of the molecule is NC1(c2ccc(-c3nc4c(C5=NCC=C5)cc(C(=O)O)nn4c3-c3ccccc3)cc2)CCC1. The van der Waals surface area contributed by atoms with Gasteiger partial charge in [0.15, 0.2) is 11.3 Å². The van der Waals surface area contributed by atoms with Crippen molar-refractivity contribution in [1.29, 1.82) is 0 Å². The van der Waals surface area contributed by atoms with Crippen molar-refractivity contribution < 1.29 is 9.90 Å². The number of aliphatic imine (C=N–C) groups is 1. The lowest BCUT2D eigenvalue weighted by Crippen LogP contribution is -2.43. The van der Waals surface area contributed by atoms with Gasteiger partial charge in [-0.25, -0.2) is 14.3 Å². The third-order valence-electron chi connectivity index (χ3n) is 6.75. The van der Waals surface area contributed by atoms with Crippen LogP contribution in [-0.4, -0.2) is 37.9 Å². The van der Waals surface area contributed by atoms with Crippen LogP contribution in [0.1, 0.15) is 40.9 Å². The van der Waals surface area contributed by atoms with E-state index in [-0.39, 0.29) is 11.2 Å². The number of imidazole rings is 1. The fourth-order valence-corrected chi connectivity index (χ4v) is 4.72. The highest BCUT2D eigenvalue weighted by Gasteiger charge is 2.34. The second-order valence-electron chi connectivity index (χ2n) is 8.87. The summed E-state index contributed by atoms with van der Waals surface area (Å²) in [6.45, 7) is 0.563. The second-order valence-corrected chi connectivity index (χ2v) is 8.87. The van der Waals surface area contributed by atoms with Crippen molar-refractivity contribution in [3.05, 3.63) is 89.6 Å². The van der Waals surface area contributed by atoms with Crippen LogP contribution >= 0.6 is 0 Å². The maximum atomic E-state index is 11.9. The number of carboxylic acids is 1. The molecule has 3 heterocycles. The van der Waals surface area contributed by atoms with E-state index < -0.39 is 5.97 Å². The summed E-state index contributed by atoms with van der Waals surface area (Å²) in [5.74, 6) is -1.10. The monoisotopic (exact) mass is 449 g/mol. The van der Waals surface area contributed by atoms with E-state index in [4.69, 9.17) is 10.7 Å². The van der Waals surface area contributed by atoms with Crippen LogP contribution in [0, 0.1) is 0 Å². The zero-order chi connectivity index (χ0) is 23.3. The van der Waals surface area contributed by atoms with Crippen LogP contribution in [-0.2, 0) is 5.54 Å². The topological polar surface area (TPSA) is 106 Å². The van der Waals surface area contributed by atoms with Gasteiger partial charge in [0.2, 0.25) is 0 Å². The van der Waals surface area contributed by atoms with Crippen molar-refractivity contribution in [3.8, 4) is 22.5 Å². The molecule has 0 unspecified atom stereocenters. The first-order valence-corrected chi connectivity index (χ1v) is 11.4. The van der Waals surface area contributed by atoms with Crippen molar-refractivity contribution in [2.75, 3.05) is 6.54 Å². The first kappa shape index (κ1) is 20.5. The molecule has 1 fully saturated rings. The maximum absolute atomic E-state index is 11.9. The Kier molecular flexibility index (Phi) is 4.67. The van der Waals surface area contributed by atoms with Gasteiger partial charge >= 0.3 is 5.97 Å². The van der Waals surface area contributed by atoms with E-state index in [2.05, 4.69) is 22.2 Å². The van der Waals surface area contributed by atoms with Crippen LogP contribution in [0.15, 0.2) is 77.8 Å². The molecular formula is C27H23N5O2. The van der Waals surface area contributed by atoms with E-state index in [1.165, 1.54) is 0 Å². The summed E-state index contributed by atoms with van der Waals surface area (Å²) < 4.78 is 1.64. The third-order valence-corrected chi connectivity index (χ3v) is 6.75. The molecule has 1 saturated carbocycles. The Labute approximate surface area is 196 Å². The van der Waals surface area contributed by atoms with Gasteiger partial charge in [0.1, 0.15) is 5.69 Å². The van der Waals surface area contributed by atoms with E-state index in [0.29, 0.717) is 23.5 Å². The molecule has 2 aromatic heterocycles. The van der Waals surface area contributed by atoms with Gasteiger partial charge in [-0.05, 0) is 37.0 Å². The molecule has 7 heteroatoms. The Morgan fingerprint density at radius 3 is 2.41 bits per heavy atom. The number of carbonyl (C=O) groups is 1. The van der Waals surface area contributed by atoms with Crippen LogP contribution in [0.25, 0.3) is 28.2 Å². The number of nitrogens with zero attached hydrogens (tertiary/aromatic N) is 4. The van der Waals surface area contributed by atoms with Crippen molar-refractivity contribution in [2.45, 2.75) is 24.8 Å². The number of aromatic carboxylic acids is 1. The average Bonchev–Trinajstić information content (AvgIpc) is 3.51. The van der Waals surface area contributed by atoms with Gasteiger partial charge in [-0.1, -0.05) is 60.7 Å². The lowest BCUT2D eigenvalue weighted by Gasteiger charge is -2.38. The Morgan fingerprint density at radius 2 is 1.79 bits per heavy atom. The van der Waals surface area contributed by atoms with Crippen LogP contribution in [0.2, 0.25) is 0 Å². The summed E-state index contributed by atoms with van der Waals surface area (Å²) in [7, 11) is 0. The number of hydrogen-bond donors (Lipinski definition) is 2. The van der Waals surface area contributed by atoms with E-state index in [0.717, 1.165) is 47.3 Å². The summed E-state index contributed by atoms with van der Waals surface area (Å²) in [6.07, 6.45) is 6.98. The number of rotatable bonds is 5. The summed E-state index contributed by atoms with van der Waals surface area (Å²) in [6, 6.07) is 19.6.